The molecule has 0 fully saturated rings. The van der Waals surface area contributed by atoms with Gasteiger partial charge in [0, 0.05) is 11.4 Å². The van der Waals surface area contributed by atoms with Gasteiger partial charge in [-0.15, -0.1) is 0 Å². The zero-order chi connectivity index (χ0) is 21.2. The van der Waals surface area contributed by atoms with E-state index in [0.29, 0.717) is 5.69 Å². The third kappa shape index (κ3) is 4.39. The molecule has 0 saturated heterocycles. The number of carbonyl (C=O) groups is 1. The van der Waals surface area contributed by atoms with Crippen molar-refractivity contribution in [1.29, 1.82) is 0 Å². The van der Waals surface area contributed by atoms with Crippen LogP contribution < -0.4 is 10.9 Å². The second-order valence-corrected chi connectivity index (χ2v) is 6.68. The van der Waals surface area contributed by atoms with Crippen molar-refractivity contribution < 1.29 is 18.0 Å². The van der Waals surface area contributed by atoms with Crippen LogP contribution in [0.3, 0.4) is 0 Å². The van der Waals surface area contributed by atoms with E-state index in [4.69, 9.17) is 0 Å². The number of halogens is 3. The van der Waals surface area contributed by atoms with Crippen LogP contribution >= 0.6 is 0 Å². The number of aryl methyl sites for hydroxylation is 1. The molecule has 0 aliphatic rings. The molecule has 0 spiro atoms. The smallest absolute Gasteiger partial charge is 0.345 e. The topological polar surface area (TPSA) is 51.1 Å². The van der Waals surface area contributed by atoms with Crippen molar-refractivity contribution in [2.45, 2.75) is 26.1 Å². The van der Waals surface area contributed by atoms with E-state index in [9.17, 15) is 22.8 Å². The van der Waals surface area contributed by atoms with Crippen molar-refractivity contribution in [1.82, 2.24) is 9.88 Å². The fourth-order valence-corrected chi connectivity index (χ4v) is 3.04. The van der Waals surface area contributed by atoms with Crippen molar-refractivity contribution in [3.63, 3.8) is 0 Å². The Balaban J connectivity index is 1.98. The number of aromatic nitrogens is 1. The zero-order valence-corrected chi connectivity index (χ0v) is 15.8. The Morgan fingerprint density at radius 1 is 1.00 bits per heavy atom. The number of carbonyl (C=O) groups excluding carboxylic acids is 1. The van der Waals surface area contributed by atoms with E-state index in [-0.39, 0.29) is 17.3 Å². The maximum absolute atomic E-state index is 13.0. The van der Waals surface area contributed by atoms with Gasteiger partial charge in [0.05, 0.1) is 11.6 Å². The summed E-state index contributed by atoms with van der Waals surface area (Å²) in [5.41, 5.74) is -0.354. The number of hydrogen-bond acceptors (Lipinski definition) is 2. The van der Waals surface area contributed by atoms with Gasteiger partial charge in [0.2, 0.25) is 0 Å². The number of pyridine rings is 1. The van der Waals surface area contributed by atoms with E-state index < -0.39 is 23.2 Å². The second kappa shape index (κ2) is 7.95. The first-order valence-corrected chi connectivity index (χ1v) is 8.94. The van der Waals surface area contributed by atoms with Gasteiger partial charge >= 0.3 is 6.18 Å². The molecule has 1 heterocycles. The Kier molecular flexibility index (Phi) is 5.59. The van der Waals surface area contributed by atoms with Crippen LogP contribution in [0.5, 0.6) is 0 Å². The number of nitrogens with one attached hydrogen (secondary N) is 1. The number of amides is 1. The fraction of sp³-hybridized carbons (Fsp3) is 0.182. The van der Waals surface area contributed by atoms with Crippen molar-refractivity contribution >= 4 is 5.91 Å². The highest BCUT2D eigenvalue weighted by Gasteiger charge is 2.30. The first kappa shape index (κ1) is 20.4. The van der Waals surface area contributed by atoms with Crippen LogP contribution in [0.1, 0.15) is 40.1 Å². The van der Waals surface area contributed by atoms with Crippen LogP contribution in [0.2, 0.25) is 0 Å². The summed E-state index contributed by atoms with van der Waals surface area (Å²) >= 11 is 0. The second-order valence-electron chi connectivity index (χ2n) is 6.68. The minimum atomic E-state index is -4.53. The molecule has 4 nitrogen and oxygen atoms in total. The van der Waals surface area contributed by atoms with Crippen molar-refractivity contribution in [3.05, 3.63) is 99.5 Å². The predicted octanol–water partition coefficient (Wildman–Crippen LogP) is 4.66. The molecule has 150 valence electrons. The lowest BCUT2D eigenvalue weighted by molar-refractivity contribution is -0.137. The molecular formula is C22H19F3N2O2. The summed E-state index contributed by atoms with van der Waals surface area (Å²) in [6.07, 6.45) is -4.53. The average Bonchev–Trinajstić information content (AvgIpc) is 2.68. The lowest BCUT2D eigenvalue weighted by atomic mass is 10.1. The molecule has 29 heavy (non-hydrogen) atoms. The summed E-state index contributed by atoms with van der Waals surface area (Å²) in [5, 5.41) is 2.75. The van der Waals surface area contributed by atoms with E-state index in [2.05, 4.69) is 5.32 Å². The quantitative estimate of drug-likeness (QED) is 0.693. The Labute approximate surface area is 165 Å². The summed E-state index contributed by atoms with van der Waals surface area (Å²) in [5.74, 6) is -0.591. The number of rotatable bonds is 4. The lowest BCUT2D eigenvalue weighted by Gasteiger charge is -2.16. The van der Waals surface area contributed by atoms with Crippen LogP contribution in [-0.4, -0.2) is 10.5 Å². The number of hydrogen-bond donors (Lipinski definition) is 1. The van der Waals surface area contributed by atoms with E-state index in [1.165, 1.54) is 24.3 Å². The maximum atomic E-state index is 13.0. The van der Waals surface area contributed by atoms with Crippen molar-refractivity contribution in [3.8, 4) is 5.69 Å². The largest absolute Gasteiger partial charge is 0.416 e. The molecule has 3 rings (SSSR count). The molecule has 0 unspecified atom stereocenters. The average molecular weight is 400 g/mol. The molecule has 7 heteroatoms. The summed E-state index contributed by atoms with van der Waals surface area (Å²) in [4.78, 5) is 25.6. The molecule has 0 bridgehead atoms. The molecule has 2 aromatic carbocycles. The van der Waals surface area contributed by atoms with Crippen molar-refractivity contribution in [2.24, 2.45) is 0 Å². The van der Waals surface area contributed by atoms with Crippen molar-refractivity contribution in [2.75, 3.05) is 0 Å². The summed E-state index contributed by atoms with van der Waals surface area (Å²) < 4.78 is 40.2. The number of benzene rings is 2. The van der Waals surface area contributed by atoms with Gasteiger partial charge in [-0.25, -0.2) is 0 Å². The molecule has 1 aromatic heterocycles. The van der Waals surface area contributed by atoms with Gasteiger partial charge in [-0.05, 0) is 49.7 Å². The van der Waals surface area contributed by atoms with Gasteiger partial charge in [-0.1, -0.05) is 36.4 Å². The molecule has 0 aliphatic carbocycles. The summed E-state index contributed by atoms with van der Waals surface area (Å²) in [6, 6.07) is 16.3. The molecular weight excluding hydrogens is 381 g/mol. The van der Waals surface area contributed by atoms with E-state index in [0.717, 1.165) is 22.3 Å². The monoisotopic (exact) mass is 400 g/mol. The van der Waals surface area contributed by atoms with E-state index >= 15 is 0 Å². The third-order valence-corrected chi connectivity index (χ3v) is 4.60. The molecule has 1 N–H and O–H groups in total. The summed E-state index contributed by atoms with van der Waals surface area (Å²) in [6.45, 7) is 3.38. The van der Waals surface area contributed by atoms with Gasteiger partial charge in [0.1, 0.15) is 5.56 Å². The van der Waals surface area contributed by atoms with Crippen LogP contribution in [0.15, 0.2) is 71.5 Å². The third-order valence-electron chi connectivity index (χ3n) is 4.60. The zero-order valence-electron chi connectivity index (χ0n) is 15.8. The number of alkyl halides is 3. The minimum Gasteiger partial charge on any atom is -0.345 e. The lowest BCUT2D eigenvalue weighted by Crippen LogP contribution is -2.34. The first-order valence-electron chi connectivity index (χ1n) is 8.94. The van der Waals surface area contributed by atoms with Gasteiger partial charge in [0.15, 0.2) is 0 Å². The minimum absolute atomic E-state index is 0.0492. The highest BCUT2D eigenvalue weighted by atomic mass is 19.4. The highest BCUT2D eigenvalue weighted by Crippen LogP contribution is 2.30. The molecule has 0 saturated carbocycles. The molecule has 0 radical (unpaired) electrons. The summed E-state index contributed by atoms with van der Waals surface area (Å²) in [7, 11) is 0. The standard InChI is InChI=1S/C22H19F3N2O2/c1-14-11-12-19(20(28)26-15(2)16-7-4-3-5-8-16)21(29)27(14)18-10-6-9-17(13-18)22(23,24)25/h3-13,15H,1-2H3,(H,26,28)/t15-/m1/s1. The van der Waals surface area contributed by atoms with Crippen LogP contribution in [-0.2, 0) is 6.18 Å². The van der Waals surface area contributed by atoms with Crippen LogP contribution in [0, 0.1) is 6.92 Å². The maximum Gasteiger partial charge on any atom is 0.416 e. The van der Waals surface area contributed by atoms with Gasteiger partial charge in [-0.2, -0.15) is 13.2 Å². The van der Waals surface area contributed by atoms with Gasteiger partial charge in [0.25, 0.3) is 11.5 Å². The Morgan fingerprint density at radius 2 is 1.69 bits per heavy atom. The highest BCUT2D eigenvalue weighted by molar-refractivity contribution is 5.94. The van der Waals surface area contributed by atoms with Crippen LogP contribution in [0.25, 0.3) is 5.69 Å². The van der Waals surface area contributed by atoms with E-state index in [1.807, 2.05) is 30.3 Å². The fourth-order valence-electron chi connectivity index (χ4n) is 3.04. The predicted molar refractivity (Wildman–Crippen MR) is 104 cm³/mol. The Bertz CT molecular complexity index is 1090. The normalized spacial score (nSPS) is 12.4. The molecule has 1 amide bonds. The Hall–Kier alpha value is -3.35. The van der Waals surface area contributed by atoms with Gasteiger partial charge < -0.3 is 5.32 Å². The Morgan fingerprint density at radius 3 is 2.34 bits per heavy atom. The molecule has 3 aromatic rings. The molecule has 1 atom stereocenters. The first-order chi connectivity index (χ1) is 13.7. The van der Waals surface area contributed by atoms with Crippen LogP contribution in [0.4, 0.5) is 13.2 Å². The molecule has 0 aliphatic heterocycles. The SMILES string of the molecule is Cc1ccc(C(=O)N[C@H](C)c2ccccc2)c(=O)n1-c1cccc(C(F)(F)F)c1. The van der Waals surface area contributed by atoms with E-state index in [1.54, 1.807) is 13.8 Å². The van der Waals surface area contributed by atoms with Gasteiger partial charge in [-0.3, -0.25) is 14.2 Å². The number of nitrogens with zero attached hydrogens (tertiary/aromatic N) is 1.